The summed E-state index contributed by atoms with van der Waals surface area (Å²) in [4.78, 5) is 11.6. The van der Waals surface area contributed by atoms with Crippen molar-refractivity contribution in [2.75, 3.05) is 13.2 Å². The lowest BCUT2D eigenvalue weighted by molar-refractivity contribution is -0.129. The third-order valence-electron chi connectivity index (χ3n) is 2.45. The molecular formula is C9H17N3O3. The maximum atomic E-state index is 11.6. The molecule has 1 aliphatic heterocycles. The summed E-state index contributed by atoms with van der Waals surface area (Å²) in [7, 11) is 0. The average molecular weight is 215 g/mol. The summed E-state index contributed by atoms with van der Waals surface area (Å²) in [5, 5.41) is 13.9. The minimum Gasteiger partial charge on any atom is -0.409 e. The molecular weight excluding hydrogens is 198 g/mol. The summed E-state index contributed by atoms with van der Waals surface area (Å²) in [5.41, 5.74) is 5.35. The first-order chi connectivity index (χ1) is 7.15. The molecule has 0 aliphatic carbocycles. The maximum Gasteiger partial charge on any atom is 0.226 e. The number of carbonyl (C=O) groups excluding carboxylic acids is 1. The third kappa shape index (κ3) is 3.39. The van der Waals surface area contributed by atoms with E-state index < -0.39 is 6.04 Å². The van der Waals surface area contributed by atoms with Crippen molar-refractivity contribution in [2.24, 2.45) is 16.8 Å². The molecule has 1 fully saturated rings. The van der Waals surface area contributed by atoms with Crippen LogP contribution in [0.2, 0.25) is 0 Å². The Balaban J connectivity index is 2.40. The fraction of sp³-hybridized carbons (Fsp3) is 0.778. The second-order valence-electron chi connectivity index (χ2n) is 3.67. The van der Waals surface area contributed by atoms with Gasteiger partial charge in [0, 0.05) is 6.61 Å². The zero-order valence-corrected chi connectivity index (χ0v) is 8.77. The molecule has 1 heterocycles. The van der Waals surface area contributed by atoms with Gasteiger partial charge in [-0.05, 0) is 19.8 Å². The van der Waals surface area contributed by atoms with Gasteiger partial charge in [0.15, 0.2) is 5.84 Å². The molecule has 0 radical (unpaired) electrons. The van der Waals surface area contributed by atoms with Crippen LogP contribution in [0.3, 0.4) is 0 Å². The van der Waals surface area contributed by atoms with Crippen LogP contribution in [0.1, 0.15) is 19.8 Å². The fourth-order valence-electron chi connectivity index (χ4n) is 1.44. The maximum absolute atomic E-state index is 11.6. The lowest BCUT2D eigenvalue weighted by Crippen LogP contribution is -2.46. The molecule has 2 atom stereocenters. The van der Waals surface area contributed by atoms with Crippen LogP contribution in [0.4, 0.5) is 0 Å². The number of nitrogens with two attached hydrogens (primary N) is 1. The number of amidine groups is 1. The number of hydrogen-bond acceptors (Lipinski definition) is 4. The van der Waals surface area contributed by atoms with E-state index >= 15 is 0 Å². The van der Waals surface area contributed by atoms with Crippen LogP contribution in [0.15, 0.2) is 5.16 Å². The number of ether oxygens (including phenoxy) is 1. The highest BCUT2D eigenvalue weighted by Gasteiger charge is 2.23. The van der Waals surface area contributed by atoms with Crippen molar-refractivity contribution in [1.82, 2.24) is 5.32 Å². The van der Waals surface area contributed by atoms with E-state index in [1.165, 1.54) is 0 Å². The minimum atomic E-state index is -0.454. The van der Waals surface area contributed by atoms with Crippen molar-refractivity contribution in [3.05, 3.63) is 0 Å². The summed E-state index contributed by atoms with van der Waals surface area (Å²) in [5.74, 6) is -0.221. The molecule has 0 bridgehead atoms. The topological polar surface area (TPSA) is 96.9 Å². The van der Waals surface area contributed by atoms with Crippen molar-refractivity contribution >= 4 is 11.7 Å². The first-order valence-corrected chi connectivity index (χ1v) is 5.00. The summed E-state index contributed by atoms with van der Waals surface area (Å²) in [6, 6.07) is -0.454. The summed E-state index contributed by atoms with van der Waals surface area (Å²) in [6.07, 6.45) is 1.73. The van der Waals surface area contributed by atoms with E-state index in [1.54, 1.807) is 6.92 Å². The second-order valence-corrected chi connectivity index (χ2v) is 3.67. The van der Waals surface area contributed by atoms with Crippen LogP contribution in [0.25, 0.3) is 0 Å². The smallest absolute Gasteiger partial charge is 0.226 e. The quantitative estimate of drug-likeness (QED) is 0.260. The lowest BCUT2D eigenvalue weighted by atomic mass is 10.0. The van der Waals surface area contributed by atoms with E-state index in [4.69, 9.17) is 15.7 Å². The predicted molar refractivity (Wildman–Crippen MR) is 54.6 cm³/mol. The van der Waals surface area contributed by atoms with Gasteiger partial charge in [-0.3, -0.25) is 4.79 Å². The predicted octanol–water partition coefficient (Wildman–Crippen LogP) is -0.336. The van der Waals surface area contributed by atoms with Crippen molar-refractivity contribution in [1.29, 1.82) is 0 Å². The van der Waals surface area contributed by atoms with Gasteiger partial charge in [-0.15, -0.1) is 0 Å². The van der Waals surface area contributed by atoms with Crippen LogP contribution in [0, 0.1) is 5.92 Å². The van der Waals surface area contributed by atoms with Crippen LogP contribution in [0.5, 0.6) is 0 Å². The molecule has 0 saturated carbocycles. The summed E-state index contributed by atoms with van der Waals surface area (Å²) < 4.78 is 5.20. The lowest BCUT2D eigenvalue weighted by Gasteiger charge is -2.23. The monoisotopic (exact) mass is 215 g/mol. The number of oxime groups is 1. The average Bonchev–Trinajstić information content (AvgIpc) is 2.29. The minimum absolute atomic E-state index is 0.0000720. The first kappa shape index (κ1) is 11.8. The van der Waals surface area contributed by atoms with E-state index in [1.807, 2.05) is 0 Å². The van der Waals surface area contributed by atoms with Crippen molar-refractivity contribution in [3.63, 3.8) is 0 Å². The standard InChI is InChI=1S/C9H17N3O3/c1-6(8(10)12-14)11-9(13)7-3-2-4-15-5-7/h6-7,14H,2-5H2,1H3,(H2,10,12)(H,11,13). The van der Waals surface area contributed by atoms with Crippen molar-refractivity contribution in [2.45, 2.75) is 25.8 Å². The Morgan fingerprint density at radius 1 is 1.73 bits per heavy atom. The number of rotatable bonds is 3. The fourth-order valence-corrected chi connectivity index (χ4v) is 1.44. The van der Waals surface area contributed by atoms with Gasteiger partial charge in [-0.2, -0.15) is 0 Å². The molecule has 1 rings (SSSR count). The highest BCUT2D eigenvalue weighted by Crippen LogP contribution is 2.13. The summed E-state index contributed by atoms with van der Waals surface area (Å²) in [6.45, 7) is 2.84. The molecule has 0 aromatic carbocycles. The molecule has 6 heteroatoms. The Morgan fingerprint density at radius 2 is 2.47 bits per heavy atom. The van der Waals surface area contributed by atoms with Gasteiger partial charge in [0.1, 0.15) is 0 Å². The zero-order valence-electron chi connectivity index (χ0n) is 8.77. The highest BCUT2D eigenvalue weighted by atomic mass is 16.5. The number of amides is 1. The Kier molecular flexibility index (Phi) is 4.36. The van der Waals surface area contributed by atoms with E-state index in [9.17, 15) is 4.79 Å². The van der Waals surface area contributed by atoms with Gasteiger partial charge in [-0.25, -0.2) is 0 Å². The molecule has 0 spiro atoms. The van der Waals surface area contributed by atoms with Crippen LogP contribution in [-0.4, -0.2) is 36.2 Å². The summed E-state index contributed by atoms with van der Waals surface area (Å²) >= 11 is 0. The molecule has 15 heavy (non-hydrogen) atoms. The number of carbonyl (C=O) groups is 1. The number of hydrogen-bond donors (Lipinski definition) is 3. The molecule has 0 aromatic rings. The van der Waals surface area contributed by atoms with Crippen LogP contribution >= 0.6 is 0 Å². The third-order valence-corrected chi connectivity index (χ3v) is 2.45. The SMILES string of the molecule is CC(NC(=O)C1CCCOC1)C(N)=NO. The van der Waals surface area contributed by atoms with E-state index in [-0.39, 0.29) is 17.7 Å². The van der Waals surface area contributed by atoms with Crippen LogP contribution in [-0.2, 0) is 9.53 Å². The van der Waals surface area contributed by atoms with E-state index in [0.717, 1.165) is 19.4 Å². The van der Waals surface area contributed by atoms with Gasteiger partial charge >= 0.3 is 0 Å². The first-order valence-electron chi connectivity index (χ1n) is 5.00. The molecule has 1 amide bonds. The largest absolute Gasteiger partial charge is 0.409 e. The van der Waals surface area contributed by atoms with Gasteiger partial charge in [-0.1, -0.05) is 5.16 Å². The van der Waals surface area contributed by atoms with Gasteiger partial charge in [0.05, 0.1) is 18.6 Å². The highest BCUT2D eigenvalue weighted by molar-refractivity contribution is 5.90. The van der Waals surface area contributed by atoms with Gasteiger partial charge in [0.2, 0.25) is 5.91 Å². The Morgan fingerprint density at radius 3 is 3.00 bits per heavy atom. The van der Waals surface area contributed by atoms with Gasteiger partial charge < -0.3 is 21.0 Å². The Bertz CT molecular complexity index is 249. The van der Waals surface area contributed by atoms with Crippen molar-refractivity contribution in [3.8, 4) is 0 Å². The number of nitrogens with one attached hydrogen (secondary N) is 1. The normalized spacial score (nSPS) is 24.6. The zero-order chi connectivity index (χ0) is 11.3. The Labute approximate surface area is 88.5 Å². The number of nitrogens with zero attached hydrogens (tertiary/aromatic N) is 1. The molecule has 4 N–H and O–H groups in total. The molecule has 1 aliphatic rings. The second kappa shape index (κ2) is 5.55. The Hall–Kier alpha value is -1.30. The van der Waals surface area contributed by atoms with E-state index in [0.29, 0.717) is 6.61 Å². The molecule has 86 valence electrons. The van der Waals surface area contributed by atoms with Crippen LogP contribution < -0.4 is 11.1 Å². The molecule has 2 unspecified atom stereocenters. The molecule has 0 aromatic heterocycles. The molecule has 1 saturated heterocycles. The van der Waals surface area contributed by atoms with Gasteiger partial charge in [0.25, 0.3) is 0 Å². The van der Waals surface area contributed by atoms with Crippen molar-refractivity contribution < 1.29 is 14.7 Å². The molecule has 6 nitrogen and oxygen atoms in total. The van der Waals surface area contributed by atoms with E-state index in [2.05, 4.69) is 10.5 Å².